The molecule has 118 valence electrons. The Morgan fingerprint density at radius 3 is 2.64 bits per heavy atom. The van der Waals surface area contributed by atoms with Crippen LogP contribution in [0.3, 0.4) is 0 Å². The van der Waals surface area contributed by atoms with Crippen molar-refractivity contribution in [2.45, 2.75) is 13.3 Å². The van der Waals surface area contributed by atoms with Crippen LogP contribution in [0.1, 0.15) is 22.5 Å². The third-order valence-corrected chi connectivity index (χ3v) is 3.53. The Bertz CT molecular complexity index is 637. The fourth-order valence-electron chi connectivity index (χ4n) is 2.04. The minimum absolute atomic E-state index is 0.0487. The molecule has 2 rings (SSSR count). The number of carbonyl (C=O) groups excluding carboxylic acids is 1. The molecule has 1 aromatic heterocycles. The van der Waals surface area contributed by atoms with Gasteiger partial charge in [0.05, 0.1) is 18.4 Å². The molecular weight excluding hydrogens is 285 g/mol. The van der Waals surface area contributed by atoms with Gasteiger partial charge in [0.15, 0.2) is 0 Å². The predicted molar refractivity (Wildman–Crippen MR) is 81.4 cm³/mol. The highest BCUT2D eigenvalue weighted by atomic mass is 19.1. The van der Waals surface area contributed by atoms with Gasteiger partial charge in [-0.2, -0.15) is 5.10 Å². The maximum Gasteiger partial charge on any atom is 0.257 e. The van der Waals surface area contributed by atoms with Gasteiger partial charge in [0.2, 0.25) is 0 Å². The Kier molecular flexibility index (Phi) is 5.14. The first-order chi connectivity index (χ1) is 10.5. The smallest absolute Gasteiger partial charge is 0.257 e. The molecule has 0 fully saturated rings. The highest BCUT2D eigenvalue weighted by Crippen LogP contribution is 2.12. The second-order valence-corrected chi connectivity index (χ2v) is 5.15. The van der Waals surface area contributed by atoms with Crippen LogP contribution < -0.4 is 4.74 Å². The molecule has 0 aliphatic heterocycles. The summed E-state index contributed by atoms with van der Waals surface area (Å²) in [6, 6.07) is 5.89. The van der Waals surface area contributed by atoms with Gasteiger partial charge in [0.1, 0.15) is 11.6 Å². The van der Waals surface area contributed by atoms with E-state index in [4.69, 9.17) is 4.74 Å². The molecule has 0 N–H and O–H groups in total. The summed E-state index contributed by atoms with van der Waals surface area (Å²) in [5.74, 6) is 0.287. The fourth-order valence-corrected chi connectivity index (χ4v) is 2.04. The number of aromatic nitrogens is 2. The summed E-state index contributed by atoms with van der Waals surface area (Å²) in [6.07, 6.45) is 2.28. The number of ether oxygens (including phenoxy) is 1. The third-order valence-electron chi connectivity index (χ3n) is 3.53. The van der Waals surface area contributed by atoms with Crippen LogP contribution in [0.5, 0.6) is 5.75 Å². The van der Waals surface area contributed by atoms with Gasteiger partial charge >= 0.3 is 0 Å². The van der Waals surface area contributed by atoms with Gasteiger partial charge < -0.3 is 9.64 Å². The standard InChI is InChI=1S/C16H20FN3O2/c1-12-15(11-18-20(12)3)16(21)19(2)9-4-10-22-14-7-5-13(17)6-8-14/h5-8,11H,4,9-10H2,1-3H3. The van der Waals surface area contributed by atoms with Crippen molar-refractivity contribution < 1.29 is 13.9 Å². The lowest BCUT2D eigenvalue weighted by atomic mass is 10.2. The van der Waals surface area contributed by atoms with E-state index in [2.05, 4.69) is 5.10 Å². The molecular formula is C16H20FN3O2. The van der Waals surface area contributed by atoms with Gasteiger partial charge in [-0.25, -0.2) is 4.39 Å². The number of hydrogen-bond donors (Lipinski definition) is 0. The Morgan fingerprint density at radius 1 is 1.36 bits per heavy atom. The van der Waals surface area contributed by atoms with Crippen molar-refractivity contribution in [1.29, 1.82) is 0 Å². The van der Waals surface area contributed by atoms with Crippen molar-refractivity contribution >= 4 is 5.91 Å². The van der Waals surface area contributed by atoms with Crippen LogP contribution in [0.15, 0.2) is 30.5 Å². The molecule has 0 bridgehead atoms. The van der Waals surface area contributed by atoms with Crippen LogP contribution in [0.25, 0.3) is 0 Å². The van der Waals surface area contributed by atoms with E-state index in [1.54, 1.807) is 35.0 Å². The van der Waals surface area contributed by atoms with E-state index in [-0.39, 0.29) is 11.7 Å². The Morgan fingerprint density at radius 2 is 2.05 bits per heavy atom. The van der Waals surface area contributed by atoms with Gasteiger partial charge in [-0.1, -0.05) is 0 Å². The van der Waals surface area contributed by atoms with Crippen LogP contribution in [-0.4, -0.2) is 40.8 Å². The molecule has 1 aromatic carbocycles. The first-order valence-electron chi connectivity index (χ1n) is 7.11. The molecule has 0 radical (unpaired) electrons. The molecule has 0 saturated heterocycles. The van der Waals surface area contributed by atoms with Gasteiger partial charge in [-0.05, 0) is 37.6 Å². The lowest BCUT2D eigenvalue weighted by Crippen LogP contribution is -2.29. The van der Waals surface area contributed by atoms with E-state index in [0.29, 0.717) is 30.9 Å². The summed E-state index contributed by atoms with van der Waals surface area (Å²) in [7, 11) is 3.56. The Hall–Kier alpha value is -2.37. The lowest BCUT2D eigenvalue weighted by molar-refractivity contribution is 0.0787. The van der Waals surface area contributed by atoms with E-state index < -0.39 is 0 Å². The van der Waals surface area contributed by atoms with Crippen molar-refractivity contribution in [2.75, 3.05) is 20.2 Å². The summed E-state index contributed by atoms with van der Waals surface area (Å²) in [6.45, 7) is 2.91. The largest absolute Gasteiger partial charge is 0.494 e. The lowest BCUT2D eigenvalue weighted by Gasteiger charge is -2.17. The maximum atomic E-state index is 12.8. The fraction of sp³-hybridized carbons (Fsp3) is 0.375. The number of amides is 1. The first-order valence-corrected chi connectivity index (χ1v) is 7.11. The molecule has 0 spiro atoms. The molecule has 5 nitrogen and oxygen atoms in total. The second kappa shape index (κ2) is 7.06. The average Bonchev–Trinajstić information content (AvgIpc) is 2.84. The van der Waals surface area contributed by atoms with Crippen LogP contribution in [0, 0.1) is 12.7 Å². The SMILES string of the molecule is Cc1c(C(=O)N(C)CCCOc2ccc(F)cc2)cnn1C. The Labute approximate surface area is 129 Å². The van der Waals surface area contributed by atoms with Gasteiger partial charge in [-0.3, -0.25) is 9.48 Å². The van der Waals surface area contributed by atoms with Crippen LogP contribution in [-0.2, 0) is 7.05 Å². The zero-order chi connectivity index (χ0) is 16.1. The monoisotopic (exact) mass is 305 g/mol. The highest BCUT2D eigenvalue weighted by molar-refractivity contribution is 5.94. The number of nitrogens with zero attached hydrogens (tertiary/aromatic N) is 3. The van der Waals surface area contributed by atoms with Crippen molar-refractivity contribution in [3.8, 4) is 5.75 Å². The average molecular weight is 305 g/mol. The number of rotatable bonds is 6. The molecule has 0 saturated carbocycles. The topological polar surface area (TPSA) is 47.4 Å². The molecule has 2 aromatic rings. The molecule has 6 heteroatoms. The third kappa shape index (κ3) is 3.84. The van der Waals surface area contributed by atoms with E-state index in [9.17, 15) is 9.18 Å². The van der Waals surface area contributed by atoms with E-state index >= 15 is 0 Å². The number of carbonyl (C=O) groups is 1. The van der Waals surface area contributed by atoms with E-state index in [1.165, 1.54) is 12.1 Å². The van der Waals surface area contributed by atoms with Crippen molar-refractivity contribution in [3.63, 3.8) is 0 Å². The molecule has 1 amide bonds. The van der Waals surface area contributed by atoms with E-state index in [1.807, 2.05) is 14.0 Å². The summed E-state index contributed by atoms with van der Waals surface area (Å²) in [5, 5.41) is 4.08. The number of halogens is 1. The predicted octanol–water partition coefficient (Wildman–Crippen LogP) is 2.41. The van der Waals surface area contributed by atoms with Crippen molar-refractivity contribution in [1.82, 2.24) is 14.7 Å². The van der Waals surface area contributed by atoms with E-state index in [0.717, 1.165) is 5.69 Å². The summed E-state index contributed by atoms with van der Waals surface area (Å²) in [4.78, 5) is 13.9. The molecule has 0 aliphatic rings. The van der Waals surface area contributed by atoms with Crippen LogP contribution in [0.2, 0.25) is 0 Å². The minimum Gasteiger partial charge on any atom is -0.494 e. The zero-order valence-corrected chi connectivity index (χ0v) is 13.0. The van der Waals surface area contributed by atoms with Crippen LogP contribution >= 0.6 is 0 Å². The quantitative estimate of drug-likeness (QED) is 0.770. The number of aryl methyl sites for hydroxylation is 1. The summed E-state index contributed by atoms with van der Waals surface area (Å²) in [5.41, 5.74) is 1.46. The summed E-state index contributed by atoms with van der Waals surface area (Å²) < 4.78 is 19.9. The first kappa shape index (κ1) is 16.0. The van der Waals surface area contributed by atoms with Gasteiger partial charge in [0.25, 0.3) is 5.91 Å². The molecule has 0 atom stereocenters. The number of hydrogen-bond acceptors (Lipinski definition) is 3. The van der Waals surface area contributed by atoms with Crippen molar-refractivity contribution in [2.24, 2.45) is 7.05 Å². The minimum atomic E-state index is -0.287. The van der Waals surface area contributed by atoms with Gasteiger partial charge in [-0.15, -0.1) is 0 Å². The normalized spacial score (nSPS) is 10.5. The second-order valence-electron chi connectivity index (χ2n) is 5.15. The molecule has 0 aliphatic carbocycles. The molecule has 0 unspecified atom stereocenters. The van der Waals surface area contributed by atoms with Crippen molar-refractivity contribution in [3.05, 3.63) is 47.5 Å². The maximum absolute atomic E-state index is 12.8. The highest BCUT2D eigenvalue weighted by Gasteiger charge is 2.16. The Balaban J connectivity index is 1.78. The summed E-state index contributed by atoms with van der Waals surface area (Å²) >= 11 is 0. The van der Waals surface area contributed by atoms with Crippen LogP contribution in [0.4, 0.5) is 4.39 Å². The van der Waals surface area contributed by atoms with Gasteiger partial charge in [0, 0.05) is 26.3 Å². The number of benzene rings is 1. The molecule has 1 heterocycles. The zero-order valence-electron chi connectivity index (χ0n) is 13.0. The molecule has 22 heavy (non-hydrogen) atoms.